The van der Waals surface area contributed by atoms with Crippen LogP contribution in [0.4, 0.5) is 0 Å². The minimum Gasteiger partial charge on any atom is -0.350 e. The highest BCUT2D eigenvalue weighted by Gasteiger charge is 2.21. The highest BCUT2D eigenvalue weighted by Crippen LogP contribution is 2.04. The highest BCUT2D eigenvalue weighted by molar-refractivity contribution is 6.29. The van der Waals surface area contributed by atoms with Gasteiger partial charge in [-0.2, -0.15) is 0 Å². The average molecular weight is 189 g/mol. The van der Waals surface area contributed by atoms with E-state index in [0.717, 1.165) is 19.4 Å². The molecule has 1 rings (SSSR count). The summed E-state index contributed by atoms with van der Waals surface area (Å²) in [6.07, 6.45) is 1.99. The zero-order valence-corrected chi connectivity index (χ0v) is 7.66. The van der Waals surface area contributed by atoms with Crippen LogP contribution in [-0.2, 0) is 4.79 Å². The molecule has 1 amide bonds. The Labute approximate surface area is 77.2 Å². The zero-order chi connectivity index (χ0) is 8.97. The van der Waals surface area contributed by atoms with Gasteiger partial charge in [0.25, 0.3) is 0 Å². The monoisotopic (exact) mass is 188 g/mol. The molecule has 0 aromatic rings. The van der Waals surface area contributed by atoms with Crippen molar-refractivity contribution in [1.29, 1.82) is 0 Å². The predicted octanol–water partition coefficient (Wildman–Crippen LogP) is 0.607. The van der Waals surface area contributed by atoms with E-state index in [1.807, 2.05) is 0 Å². The third-order valence-electron chi connectivity index (χ3n) is 1.83. The quantitative estimate of drug-likeness (QED) is 0.682. The van der Waals surface area contributed by atoms with Crippen molar-refractivity contribution in [2.24, 2.45) is 0 Å². The molecule has 0 aliphatic carbocycles. The van der Waals surface area contributed by atoms with E-state index in [9.17, 15) is 4.79 Å². The van der Waals surface area contributed by atoms with Crippen molar-refractivity contribution in [1.82, 2.24) is 10.6 Å². The van der Waals surface area contributed by atoms with Crippen LogP contribution in [0.25, 0.3) is 0 Å². The second-order valence-corrected chi connectivity index (χ2v) is 3.42. The van der Waals surface area contributed by atoms with E-state index in [1.54, 1.807) is 0 Å². The Morgan fingerprint density at radius 2 is 2.50 bits per heavy atom. The van der Waals surface area contributed by atoms with Crippen molar-refractivity contribution in [3.05, 3.63) is 11.6 Å². The van der Waals surface area contributed by atoms with Gasteiger partial charge in [0.15, 0.2) is 0 Å². The molecule has 1 saturated heterocycles. The molecule has 1 aliphatic heterocycles. The Morgan fingerprint density at radius 1 is 1.75 bits per heavy atom. The molecule has 12 heavy (non-hydrogen) atoms. The maximum absolute atomic E-state index is 11.3. The Kier molecular flexibility index (Phi) is 3.56. The highest BCUT2D eigenvalue weighted by atomic mass is 35.5. The molecule has 1 aliphatic rings. The molecule has 4 heteroatoms. The SMILES string of the molecule is C=C(Cl)CNC(=O)[C@@H]1CCCN1. The van der Waals surface area contributed by atoms with Crippen LogP contribution in [0.3, 0.4) is 0 Å². The van der Waals surface area contributed by atoms with E-state index >= 15 is 0 Å². The molecule has 0 spiro atoms. The fourth-order valence-electron chi connectivity index (χ4n) is 1.21. The Balaban J connectivity index is 2.23. The first kappa shape index (κ1) is 9.55. The van der Waals surface area contributed by atoms with Gasteiger partial charge in [0.05, 0.1) is 12.6 Å². The number of nitrogens with one attached hydrogen (secondary N) is 2. The van der Waals surface area contributed by atoms with Gasteiger partial charge in [-0.1, -0.05) is 18.2 Å². The van der Waals surface area contributed by atoms with Gasteiger partial charge in [0, 0.05) is 5.03 Å². The van der Waals surface area contributed by atoms with Gasteiger partial charge in [0.1, 0.15) is 0 Å². The van der Waals surface area contributed by atoms with E-state index in [0.29, 0.717) is 11.6 Å². The fourth-order valence-corrected chi connectivity index (χ4v) is 1.28. The number of amides is 1. The number of rotatable bonds is 3. The van der Waals surface area contributed by atoms with Crippen LogP contribution >= 0.6 is 11.6 Å². The molecule has 68 valence electrons. The second-order valence-electron chi connectivity index (χ2n) is 2.88. The van der Waals surface area contributed by atoms with E-state index < -0.39 is 0 Å². The lowest BCUT2D eigenvalue weighted by molar-refractivity contribution is -0.122. The summed E-state index contributed by atoms with van der Waals surface area (Å²) in [7, 11) is 0. The van der Waals surface area contributed by atoms with Gasteiger partial charge < -0.3 is 10.6 Å². The molecule has 0 radical (unpaired) electrons. The molecular weight excluding hydrogens is 176 g/mol. The Bertz CT molecular complexity index is 187. The summed E-state index contributed by atoms with van der Waals surface area (Å²) < 4.78 is 0. The number of hydrogen-bond donors (Lipinski definition) is 2. The fraction of sp³-hybridized carbons (Fsp3) is 0.625. The predicted molar refractivity (Wildman–Crippen MR) is 49.0 cm³/mol. The van der Waals surface area contributed by atoms with Gasteiger partial charge in [-0.15, -0.1) is 0 Å². The van der Waals surface area contributed by atoms with Gasteiger partial charge in [-0.05, 0) is 19.4 Å². The maximum Gasteiger partial charge on any atom is 0.237 e. The van der Waals surface area contributed by atoms with Gasteiger partial charge in [-0.3, -0.25) is 4.79 Å². The summed E-state index contributed by atoms with van der Waals surface area (Å²) in [6, 6.07) is -0.0268. The molecule has 0 bridgehead atoms. The largest absolute Gasteiger partial charge is 0.350 e. The lowest BCUT2D eigenvalue weighted by atomic mass is 10.2. The molecule has 0 unspecified atom stereocenters. The summed E-state index contributed by atoms with van der Waals surface area (Å²) in [5.41, 5.74) is 0. The summed E-state index contributed by atoms with van der Waals surface area (Å²) in [6.45, 7) is 4.77. The van der Waals surface area contributed by atoms with Crippen molar-refractivity contribution >= 4 is 17.5 Å². The number of carbonyl (C=O) groups excluding carboxylic acids is 1. The molecule has 0 saturated carbocycles. The van der Waals surface area contributed by atoms with Gasteiger partial charge in [-0.25, -0.2) is 0 Å². The number of hydrogen-bond acceptors (Lipinski definition) is 2. The zero-order valence-electron chi connectivity index (χ0n) is 6.90. The molecule has 1 atom stereocenters. The summed E-state index contributed by atoms with van der Waals surface area (Å²) in [5, 5.41) is 6.25. The minimum atomic E-state index is -0.0268. The first-order valence-corrected chi connectivity index (χ1v) is 4.42. The topological polar surface area (TPSA) is 41.1 Å². The average Bonchev–Trinajstić information content (AvgIpc) is 2.51. The first-order chi connectivity index (χ1) is 5.70. The van der Waals surface area contributed by atoms with Gasteiger partial charge >= 0.3 is 0 Å². The molecule has 0 aromatic heterocycles. The summed E-state index contributed by atoms with van der Waals surface area (Å²) in [4.78, 5) is 11.3. The molecule has 0 aromatic carbocycles. The van der Waals surface area contributed by atoms with Crippen LogP contribution in [0, 0.1) is 0 Å². The lowest BCUT2D eigenvalue weighted by Crippen LogP contribution is -2.40. The van der Waals surface area contributed by atoms with Crippen molar-refractivity contribution in [3.63, 3.8) is 0 Å². The van der Waals surface area contributed by atoms with Crippen LogP contribution in [0.1, 0.15) is 12.8 Å². The lowest BCUT2D eigenvalue weighted by Gasteiger charge is -2.09. The van der Waals surface area contributed by atoms with E-state index in [2.05, 4.69) is 17.2 Å². The molecule has 1 fully saturated rings. The van der Waals surface area contributed by atoms with Crippen LogP contribution in [-0.4, -0.2) is 25.0 Å². The summed E-state index contributed by atoms with van der Waals surface area (Å²) in [5.74, 6) is 0.0225. The van der Waals surface area contributed by atoms with Crippen LogP contribution in [0.5, 0.6) is 0 Å². The van der Waals surface area contributed by atoms with Crippen LogP contribution in [0.15, 0.2) is 11.6 Å². The maximum atomic E-state index is 11.3. The molecular formula is C8H13ClN2O. The van der Waals surface area contributed by atoms with Crippen molar-refractivity contribution in [3.8, 4) is 0 Å². The number of carbonyl (C=O) groups is 1. The normalized spacial score (nSPS) is 22.2. The third-order valence-corrected chi connectivity index (χ3v) is 1.96. The summed E-state index contributed by atoms with van der Waals surface area (Å²) >= 11 is 5.50. The smallest absolute Gasteiger partial charge is 0.237 e. The molecule has 2 N–H and O–H groups in total. The van der Waals surface area contributed by atoms with Crippen molar-refractivity contribution < 1.29 is 4.79 Å². The van der Waals surface area contributed by atoms with Crippen molar-refractivity contribution in [2.75, 3.05) is 13.1 Å². The first-order valence-electron chi connectivity index (χ1n) is 4.04. The van der Waals surface area contributed by atoms with Gasteiger partial charge in [0.2, 0.25) is 5.91 Å². The van der Waals surface area contributed by atoms with Crippen LogP contribution in [0.2, 0.25) is 0 Å². The van der Waals surface area contributed by atoms with Crippen molar-refractivity contribution in [2.45, 2.75) is 18.9 Å². The number of halogens is 1. The minimum absolute atomic E-state index is 0.0225. The van der Waals surface area contributed by atoms with E-state index in [1.165, 1.54) is 0 Å². The molecule has 1 heterocycles. The van der Waals surface area contributed by atoms with E-state index in [4.69, 9.17) is 11.6 Å². The Morgan fingerprint density at radius 3 is 3.00 bits per heavy atom. The van der Waals surface area contributed by atoms with Crippen LogP contribution < -0.4 is 10.6 Å². The Hall–Kier alpha value is -0.540. The standard InChI is InChI=1S/C8H13ClN2O/c1-6(9)5-11-8(12)7-3-2-4-10-7/h7,10H,1-5H2,(H,11,12)/t7-/m0/s1. The molecule has 3 nitrogen and oxygen atoms in total. The third kappa shape index (κ3) is 2.83. The van der Waals surface area contributed by atoms with E-state index in [-0.39, 0.29) is 11.9 Å². The second kappa shape index (κ2) is 4.48.